The van der Waals surface area contributed by atoms with Gasteiger partial charge in [-0.1, -0.05) is 0 Å². The molecule has 8 nitrogen and oxygen atoms in total. The third kappa shape index (κ3) is 13.8. The minimum absolute atomic E-state index is 0.0981. The monoisotopic (exact) mass is 486 g/mol. The molecule has 0 radical (unpaired) electrons. The van der Waals surface area contributed by atoms with Gasteiger partial charge in [0.25, 0.3) is 0 Å². The number of hydrogen-bond donors (Lipinski definition) is 2. The van der Waals surface area contributed by atoms with Crippen LogP contribution in [0.5, 0.6) is 0 Å². The Bertz CT molecular complexity index is 606. The normalized spacial score (nSPS) is 27.0. The van der Waals surface area contributed by atoms with Crippen LogP contribution in [-0.2, 0) is 27.9 Å². The smallest absolute Gasteiger partial charge is 0.393 e. The van der Waals surface area contributed by atoms with E-state index in [1.54, 1.807) is 20.8 Å². The number of aliphatic hydroxyl groups excluding tert-OH is 1. The van der Waals surface area contributed by atoms with Crippen LogP contribution in [0.4, 0.5) is 0 Å². The zero-order chi connectivity index (χ0) is 26.5. The van der Waals surface area contributed by atoms with Crippen molar-refractivity contribution in [3.63, 3.8) is 0 Å². The van der Waals surface area contributed by atoms with Gasteiger partial charge >= 0.3 is 14.6 Å². The van der Waals surface area contributed by atoms with Crippen LogP contribution in [0, 0.1) is 0 Å². The van der Waals surface area contributed by atoms with Gasteiger partial charge in [-0.15, -0.1) is 0 Å². The minimum atomic E-state index is -0.728. The van der Waals surface area contributed by atoms with Crippen molar-refractivity contribution in [1.82, 2.24) is 0 Å². The summed E-state index contributed by atoms with van der Waals surface area (Å²) in [6, 6.07) is 0. The van der Waals surface area contributed by atoms with Crippen molar-refractivity contribution < 1.29 is 38.1 Å². The summed E-state index contributed by atoms with van der Waals surface area (Å²) in [6.45, 7) is 23.4. The molecule has 2 aliphatic heterocycles. The molecule has 34 heavy (non-hydrogen) atoms. The highest BCUT2D eigenvalue weighted by atomic mass is 16.7. The summed E-state index contributed by atoms with van der Waals surface area (Å²) in [6.07, 6.45) is 2.47. The van der Waals surface area contributed by atoms with Crippen molar-refractivity contribution in [3.8, 4) is 0 Å². The van der Waals surface area contributed by atoms with Crippen LogP contribution in [0.25, 0.3) is 0 Å². The fraction of sp³-hybridized carbons (Fsp3) is 1.00. The van der Waals surface area contributed by atoms with Crippen molar-refractivity contribution in [2.45, 2.75) is 156 Å². The number of hydrogen-bond acceptors (Lipinski definition) is 8. The Morgan fingerprint density at radius 3 is 1.71 bits per heavy atom. The van der Waals surface area contributed by atoms with Crippen LogP contribution in [-0.4, -0.2) is 71.7 Å². The Morgan fingerprint density at radius 1 is 0.882 bits per heavy atom. The van der Waals surface area contributed by atoms with Crippen LogP contribution in [0.1, 0.15) is 109 Å². The average molecular weight is 487 g/mol. The predicted octanol–water partition coefficient (Wildman–Crippen LogP) is 4.28. The van der Waals surface area contributed by atoms with Crippen LogP contribution in [0.15, 0.2) is 0 Å². The van der Waals surface area contributed by atoms with Crippen LogP contribution in [0.2, 0.25) is 0 Å². The van der Waals surface area contributed by atoms with Gasteiger partial charge < -0.3 is 38.1 Å². The summed E-state index contributed by atoms with van der Waals surface area (Å²) < 4.78 is 35.4. The maximum atomic E-state index is 9.03. The van der Waals surface area contributed by atoms with E-state index in [9.17, 15) is 0 Å². The molecule has 2 heterocycles. The largest absolute Gasteiger partial charge is 0.640 e. The number of aliphatic hydroxyl groups is 2. The molecule has 2 aliphatic rings. The molecule has 2 N–H and O–H groups in total. The molecule has 10 heteroatoms. The first kappa shape index (κ1) is 31.8. The van der Waals surface area contributed by atoms with Gasteiger partial charge in [-0.25, -0.2) is 0 Å². The highest BCUT2D eigenvalue weighted by Gasteiger charge is 2.44. The molecule has 0 aromatic rings. The van der Waals surface area contributed by atoms with E-state index in [4.69, 9.17) is 38.1 Å². The minimum Gasteiger partial charge on any atom is -0.393 e. The molecule has 0 saturated carbocycles. The van der Waals surface area contributed by atoms with Gasteiger partial charge in [0.15, 0.2) is 0 Å². The molecule has 0 bridgehead atoms. The zero-order valence-electron chi connectivity index (χ0n) is 23.6. The Labute approximate surface area is 208 Å². The first-order valence-corrected chi connectivity index (χ1v) is 12.6. The molecule has 2 fully saturated rings. The first-order valence-electron chi connectivity index (χ1n) is 12.6. The fourth-order valence-electron chi connectivity index (χ4n) is 4.61. The Kier molecular flexibility index (Phi) is 11.6. The molecule has 0 aromatic carbocycles. The van der Waals surface area contributed by atoms with Crippen molar-refractivity contribution in [3.05, 3.63) is 0 Å². The van der Waals surface area contributed by atoms with Crippen LogP contribution >= 0.6 is 0 Å². The van der Waals surface area contributed by atoms with Crippen LogP contribution in [0.3, 0.4) is 0 Å². The maximum absolute atomic E-state index is 9.03. The van der Waals surface area contributed by atoms with E-state index in [1.165, 1.54) is 0 Å². The summed E-state index contributed by atoms with van der Waals surface area (Å²) >= 11 is 0. The second-order valence-corrected chi connectivity index (χ2v) is 12.5. The van der Waals surface area contributed by atoms with Crippen molar-refractivity contribution in [1.29, 1.82) is 0 Å². The van der Waals surface area contributed by atoms with E-state index < -0.39 is 31.9 Å². The van der Waals surface area contributed by atoms with E-state index in [0.717, 1.165) is 12.8 Å². The van der Waals surface area contributed by atoms with Gasteiger partial charge in [0, 0.05) is 24.7 Å². The van der Waals surface area contributed by atoms with E-state index in [2.05, 4.69) is 27.7 Å². The fourth-order valence-corrected chi connectivity index (χ4v) is 4.61. The van der Waals surface area contributed by atoms with E-state index >= 15 is 0 Å². The third-order valence-corrected chi connectivity index (χ3v) is 5.41. The molecule has 2 saturated heterocycles. The number of rotatable bonds is 8. The second-order valence-electron chi connectivity index (χ2n) is 12.5. The molecular formula is C24H50B2O8. The molecule has 200 valence electrons. The molecule has 4 unspecified atom stereocenters. The lowest BCUT2D eigenvalue weighted by molar-refractivity contribution is -0.105. The molecule has 2 rings (SSSR count). The molecule has 0 spiro atoms. The van der Waals surface area contributed by atoms with Crippen molar-refractivity contribution >= 4 is 14.6 Å². The summed E-state index contributed by atoms with van der Waals surface area (Å²) in [5, 5.41) is 17.8. The standard InChI is InChI=1S/C18H36B2O6.C6H14O2/c1-13-10-16(4,5)24-19(21-13)22-14(2)11-17(6,7)25-20-23-15(3)12-18(8,9)26-20;1-5(7)4-6(2,3)8/h13-15H,10-12H2,1-9H3;5,7-8H,4H2,1-3H3/i19-1,20-1;. The van der Waals surface area contributed by atoms with Crippen molar-refractivity contribution in [2.75, 3.05) is 0 Å². The summed E-state index contributed by atoms with van der Waals surface area (Å²) in [5.74, 6) is 0. The lowest BCUT2D eigenvalue weighted by Gasteiger charge is -2.41. The second kappa shape index (κ2) is 12.4. The SMILES string of the molecule is CC(O)CC(C)(C)O.CC1CC(C)(C)O[10B](OC(C)CC(C)(C)O[10B]2OC(C)CC(C)(C)O2)O1. The average Bonchev–Trinajstić information content (AvgIpc) is 2.46. The zero-order valence-corrected chi connectivity index (χ0v) is 23.6. The van der Waals surface area contributed by atoms with E-state index in [1.807, 2.05) is 34.6 Å². The summed E-state index contributed by atoms with van der Waals surface area (Å²) in [4.78, 5) is 0. The molecule has 4 atom stereocenters. The van der Waals surface area contributed by atoms with E-state index in [-0.39, 0.29) is 29.5 Å². The Balaban J connectivity index is 0.000000620. The topological polar surface area (TPSA) is 95.8 Å². The van der Waals surface area contributed by atoms with Gasteiger partial charge in [-0.3, -0.25) is 0 Å². The highest BCUT2D eigenvalue weighted by molar-refractivity contribution is 6.37. The predicted molar refractivity (Wildman–Crippen MR) is 135 cm³/mol. The van der Waals surface area contributed by atoms with Crippen molar-refractivity contribution in [2.24, 2.45) is 0 Å². The maximum Gasteiger partial charge on any atom is 0.640 e. The third-order valence-electron chi connectivity index (χ3n) is 5.41. The Hall–Kier alpha value is -0.190. The Morgan fingerprint density at radius 2 is 1.32 bits per heavy atom. The highest BCUT2D eigenvalue weighted by Crippen LogP contribution is 2.31. The molecule has 0 aromatic heterocycles. The summed E-state index contributed by atoms with van der Waals surface area (Å²) in [5.41, 5.74) is -1.72. The van der Waals surface area contributed by atoms with Crippen LogP contribution < -0.4 is 0 Å². The molecular weight excluding hydrogens is 436 g/mol. The quantitative estimate of drug-likeness (QED) is 0.491. The van der Waals surface area contributed by atoms with Gasteiger partial charge in [0.05, 0.1) is 28.5 Å². The lowest BCUT2D eigenvalue weighted by Crippen LogP contribution is -2.51. The van der Waals surface area contributed by atoms with Gasteiger partial charge in [-0.2, -0.15) is 0 Å². The summed E-state index contributed by atoms with van der Waals surface area (Å²) in [7, 11) is -1.32. The van der Waals surface area contributed by atoms with Gasteiger partial charge in [-0.05, 0) is 102 Å². The molecule has 0 aliphatic carbocycles. The molecule has 0 amide bonds. The van der Waals surface area contributed by atoms with E-state index in [0.29, 0.717) is 12.8 Å². The first-order chi connectivity index (χ1) is 15.2. The lowest BCUT2D eigenvalue weighted by atomic mass is 9.48. The van der Waals surface area contributed by atoms with Gasteiger partial charge in [0.2, 0.25) is 0 Å². The van der Waals surface area contributed by atoms with Gasteiger partial charge in [0.1, 0.15) is 0 Å².